The Kier molecular flexibility index (Phi) is 2.80. The number of fused-ring (bicyclic) bond motifs is 1. The minimum atomic E-state index is 0.348. The van der Waals surface area contributed by atoms with Gasteiger partial charge in [0, 0.05) is 17.0 Å². The number of nitrogens with one attached hydrogen (secondary N) is 1. The molecule has 2 heterocycles. The second-order valence-corrected chi connectivity index (χ2v) is 6.28. The molecule has 1 aliphatic carbocycles. The minimum Gasteiger partial charge on any atom is -0.307 e. The minimum absolute atomic E-state index is 0.348. The molecule has 1 nitrogen and oxygen atoms in total. The first kappa shape index (κ1) is 10.8. The largest absolute Gasteiger partial charge is 0.307 e. The van der Waals surface area contributed by atoms with Crippen molar-refractivity contribution in [3.8, 4) is 0 Å². The molecule has 1 saturated carbocycles. The summed E-state index contributed by atoms with van der Waals surface area (Å²) >= 11 is 1.97. The summed E-state index contributed by atoms with van der Waals surface area (Å²) in [5.41, 5.74) is 2.00. The van der Waals surface area contributed by atoms with Gasteiger partial charge in [-0.15, -0.1) is 11.3 Å². The van der Waals surface area contributed by atoms with Crippen molar-refractivity contribution in [2.45, 2.75) is 51.0 Å². The van der Waals surface area contributed by atoms with Crippen LogP contribution in [0.4, 0.5) is 0 Å². The highest BCUT2D eigenvalue weighted by atomic mass is 32.1. The molecule has 0 amide bonds. The highest BCUT2D eigenvalue weighted by molar-refractivity contribution is 7.10. The lowest BCUT2D eigenvalue weighted by atomic mass is 9.64. The summed E-state index contributed by atoms with van der Waals surface area (Å²) in [7, 11) is 0. The molecular weight excluding hydrogens is 214 g/mol. The van der Waals surface area contributed by atoms with Crippen LogP contribution in [-0.4, -0.2) is 6.54 Å². The van der Waals surface area contributed by atoms with Crippen molar-refractivity contribution in [3.05, 3.63) is 21.9 Å². The van der Waals surface area contributed by atoms with Crippen molar-refractivity contribution in [2.75, 3.05) is 6.54 Å². The Bertz CT molecular complexity index is 367. The molecule has 16 heavy (non-hydrogen) atoms. The Hall–Kier alpha value is -0.340. The van der Waals surface area contributed by atoms with E-state index >= 15 is 0 Å². The van der Waals surface area contributed by atoms with Crippen LogP contribution < -0.4 is 5.32 Å². The zero-order valence-corrected chi connectivity index (χ0v) is 10.9. The van der Waals surface area contributed by atoms with Crippen molar-refractivity contribution in [2.24, 2.45) is 5.92 Å². The number of thiophene rings is 1. The van der Waals surface area contributed by atoms with Crippen LogP contribution in [0, 0.1) is 5.92 Å². The Labute approximate surface area is 102 Å². The molecule has 88 valence electrons. The van der Waals surface area contributed by atoms with E-state index in [-0.39, 0.29) is 0 Å². The Balaban J connectivity index is 2.00. The highest BCUT2D eigenvalue weighted by Crippen LogP contribution is 2.48. The molecule has 2 aliphatic rings. The van der Waals surface area contributed by atoms with Crippen LogP contribution in [0.15, 0.2) is 11.4 Å². The maximum atomic E-state index is 3.88. The van der Waals surface area contributed by atoms with E-state index in [0.29, 0.717) is 5.54 Å². The summed E-state index contributed by atoms with van der Waals surface area (Å²) in [5.74, 6) is 0.904. The molecule has 1 atom stereocenters. The molecule has 0 radical (unpaired) electrons. The van der Waals surface area contributed by atoms with Gasteiger partial charge in [0.05, 0.1) is 0 Å². The van der Waals surface area contributed by atoms with E-state index in [0.717, 1.165) is 5.92 Å². The van der Waals surface area contributed by atoms with Gasteiger partial charge in [-0.2, -0.15) is 0 Å². The quantitative estimate of drug-likeness (QED) is 0.842. The zero-order valence-electron chi connectivity index (χ0n) is 10.1. The van der Waals surface area contributed by atoms with E-state index in [2.05, 4.69) is 23.7 Å². The molecule has 1 aromatic heterocycles. The molecule has 3 rings (SSSR count). The van der Waals surface area contributed by atoms with Crippen LogP contribution in [-0.2, 0) is 12.0 Å². The van der Waals surface area contributed by atoms with Crippen LogP contribution in [0.25, 0.3) is 0 Å². The van der Waals surface area contributed by atoms with Crippen molar-refractivity contribution >= 4 is 11.3 Å². The third kappa shape index (κ3) is 1.46. The van der Waals surface area contributed by atoms with Gasteiger partial charge in [-0.1, -0.05) is 19.8 Å². The first-order valence-electron chi connectivity index (χ1n) is 6.68. The van der Waals surface area contributed by atoms with E-state index in [1.54, 1.807) is 10.4 Å². The van der Waals surface area contributed by atoms with Crippen molar-refractivity contribution in [3.63, 3.8) is 0 Å². The van der Waals surface area contributed by atoms with Crippen LogP contribution in [0.5, 0.6) is 0 Å². The standard InChI is InChI=1S/C14H21NS/c1-2-8-14(11-4-3-5-11)12-7-10-16-13(12)6-9-15-14/h7,10-11,15H,2-6,8-9H2,1H3. The molecule has 0 spiro atoms. The lowest BCUT2D eigenvalue weighted by Crippen LogP contribution is -2.53. The zero-order chi connectivity index (χ0) is 11.0. The predicted octanol–water partition coefficient (Wildman–Crippen LogP) is 3.69. The average molecular weight is 235 g/mol. The SMILES string of the molecule is CCCC1(C2CCC2)NCCc2sccc21. The van der Waals surface area contributed by atoms with E-state index in [4.69, 9.17) is 0 Å². The van der Waals surface area contributed by atoms with Gasteiger partial charge in [-0.05, 0) is 48.6 Å². The number of hydrogen-bond donors (Lipinski definition) is 1. The molecule has 1 N–H and O–H groups in total. The molecule has 0 saturated heterocycles. The molecule has 1 unspecified atom stereocenters. The third-order valence-electron chi connectivity index (χ3n) is 4.46. The van der Waals surface area contributed by atoms with Gasteiger partial charge in [0.15, 0.2) is 0 Å². The van der Waals surface area contributed by atoms with Gasteiger partial charge in [-0.25, -0.2) is 0 Å². The summed E-state index contributed by atoms with van der Waals surface area (Å²) < 4.78 is 0. The Morgan fingerprint density at radius 3 is 3.06 bits per heavy atom. The summed E-state index contributed by atoms with van der Waals surface area (Å²) in [6, 6.07) is 2.39. The molecule has 1 fully saturated rings. The smallest absolute Gasteiger partial charge is 0.0474 e. The van der Waals surface area contributed by atoms with Gasteiger partial charge in [0.2, 0.25) is 0 Å². The van der Waals surface area contributed by atoms with E-state index in [1.165, 1.54) is 45.1 Å². The van der Waals surface area contributed by atoms with Gasteiger partial charge in [-0.3, -0.25) is 0 Å². The van der Waals surface area contributed by atoms with Gasteiger partial charge < -0.3 is 5.32 Å². The molecular formula is C14H21NS. The lowest BCUT2D eigenvalue weighted by molar-refractivity contribution is 0.108. The van der Waals surface area contributed by atoms with Crippen LogP contribution in [0.3, 0.4) is 0 Å². The van der Waals surface area contributed by atoms with Crippen molar-refractivity contribution in [1.82, 2.24) is 5.32 Å². The molecule has 2 heteroatoms. The highest BCUT2D eigenvalue weighted by Gasteiger charge is 2.45. The fourth-order valence-electron chi connectivity index (χ4n) is 3.51. The van der Waals surface area contributed by atoms with Gasteiger partial charge in [0.1, 0.15) is 0 Å². The van der Waals surface area contributed by atoms with Crippen molar-refractivity contribution < 1.29 is 0 Å². The fraction of sp³-hybridized carbons (Fsp3) is 0.714. The monoisotopic (exact) mass is 235 g/mol. The Morgan fingerprint density at radius 2 is 2.38 bits per heavy atom. The van der Waals surface area contributed by atoms with Gasteiger partial charge >= 0.3 is 0 Å². The summed E-state index contributed by atoms with van der Waals surface area (Å²) in [6.07, 6.45) is 8.16. The topological polar surface area (TPSA) is 12.0 Å². The molecule has 0 aromatic carbocycles. The maximum Gasteiger partial charge on any atom is 0.0474 e. The van der Waals surface area contributed by atoms with Crippen LogP contribution in [0.1, 0.15) is 49.5 Å². The molecule has 1 aliphatic heterocycles. The van der Waals surface area contributed by atoms with Gasteiger partial charge in [0.25, 0.3) is 0 Å². The first-order chi connectivity index (χ1) is 7.87. The van der Waals surface area contributed by atoms with Crippen LogP contribution in [0.2, 0.25) is 0 Å². The molecule has 1 aromatic rings. The van der Waals surface area contributed by atoms with Crippen molar-refractivity contribution in [1.29, 1.82) is 0 Å². The summed E-state index contributed by atoms with van der Waals surface area (Å²) in [5, 5.41) is 6.18. The maximum absolute atomic E-state index is 3.88. The second-order valence-electron chi connectivity index (χ2n) is 5.28. The van der Waals surface area contributed by atoms with Crippen LogP contribution >= 0.6 is 11.3 Å². The van der Waals surface area contributed by atoms with E-state index < -0.39 is 0 Å². The Morgan fingerprint density at radius 1 is 1.50 bits per heavy atom. The fourth-order valence-corrected chi connectivity index (χ4v) is 4.48. The third-order valence-corrected chi connectivity index (χ3v) is 5.45. The second kappa shape index (κ2) is 4.15. The summed E-state index contributed by atoms with van der Waals surface area (Å²) in [4.78, 5) is 1.65. The van der Waals surface area contributed by atoms with E-state index in [1.807, 2.05) is 11.3 Å². The average Bonchev–Trinajstić information content (AvgIpc) is 2.64. The van der Waals surface area contributed by atoms with E-state index in [9.17, 15) is 0 Å². The molecule has 0 bridgehead atoms. The normalized spacial score (nSPS) is 29.8. The lowest BCUT2D eigenvalue weighted by Gasteiger charge is -2.49. The predicted molar refractivity (Wildman–Crippen MR) is 70.0 cm³/mol. The summed E-state index contributed by atoms with van der Waals surface area (Å²) in [6.45, 7) is 3.51. The first-order valence-corrected chi connectivity index (χ1v) is 7.56. The number of rotatable bonds is 3. The number of hydrogen-bond acceptors (Lipinski definition) is 2.